The molecule has 1 N–H and O–H groups in total. The summed E-state index contributed by atoms with van der Waals surface area (Å²) in [5.41, 5.74) is -0.392. The molecule has 1 aromatic rings. The topological polar surface area (TPSA) is 38.0 Å². The van der Waals surface area contributed by atoms with E-state index in [1.807, 2.05) is 16.9 Å². The summed E-state index contributed by atoms with van der Waals surface area (Å²) >= 11 is 0. The first-order chi connectivity index (χ1) is 5.30. The minimum absolute atomic E-state index is 0.289. The minimum atomic E-state index is -0.392. The van der Waals surface area contributed by atoms with E-state index in [9.17, 15) is 5.11 Å². The van der Waals surface area contributed by atoms with E-state index in [0.717, 1.165) is 12.8 Å². The fourth-order valence-electron chi connectivity index (χ4n) is 2.34. The van der Waals surface area contributed by atoms with Crippen molar-refractivity contribution in [2.24, 2.45) is 5.92 Å². The van der Waals surface area contributed by atoms with E-state index in [4.69, 9.17) is 0 Å². The van der Waals surface area contributed by atoms with Crippen molar-refractivity contribution < 1.29 is 5.11 Å². The van der Waals surface area contributed by atoms with E-state index in [-0.39, 0.29) is 6.04 Å². The fraction of sp³-hybridized carbons (Fsp3) is 0.625. The summed E-state index contributed by atoms with van der Waals surface area (Å²) in [4.78, 5) is 0. The lowest BCUT2D eigenvalue weighted by Gasteiger charge is -2.64. The SMILES string of the molecule is OC12CC(C1)C2n1cccn1. The number of aliphatic hydroxyl groups is 1. The molecule has 1 aromatic heterocycles. The molecule has 4 rings (SSSR count). The summed E-state index contributed by atoms with van der Waals surface area (Å²) < 4.78 is 1.89. The van der Waals surface area contributed by atoms with Crippen molar-refractivity contribution in [3.63, 3.8) is 0 Å². The van der Waals surface area contributed by atoms with Gasteiger partial charge in [0.2, 0.25) is 0 Å². The van der Waals surface area contributed by atoms with Crippen molar-refractivity contribution >= 4 is 0 Å². The van der Waals surface area contributed by atoms with E-state index in [1.54, 1.807) is 6.20 Å². The zero-order chi connectivity index (χ0) is 7.47. The van der Waals surface area contributed by atoms with Gasteiger partial charge in [-0.2, -0.15) is 5.10 Å². The minimum Gasteiger partial charge on any atom is -0.388 e. The Kier molecular flexibility index (Phi) is 0.790. The third-order valence-corrected chi connectivity index (χ3v) is 3.04. The molecule has 0 spiro atoms. The molecule has 58 valence electrons. The second-order valence-electron chi connectivity index (χ2n) is 3.70. The first kappa shape index (κ1) is 5.77. The summed E-state index contributed by atoms with van der Waals surface area (Å²) in [6, 6.07) is 2.19. The van der Waals surface area contributed by atoms with Crippen LogP contribution in [0.2, 0.25) is 0 Å². The zero-order valence-electron chi connectivity index (χ0n) is 6.14. The molecule has 0 saturated heterocycles. The highest BCUT2D eigenvalue weighted by Crippen LogP contribution is 2.64. The first-order valence-electron chi connectivity index (χ1n) is 4.01. The maximum atomic E-state index is 9.75. The third-order valence-electron chi connectivity index (χ3n) is 3.04. The second-order valence-corrected chi connectivity index (χ2v) is 3.70. The van der Waals surface area contributed by atoms with Gasteiger partial charge in [0.1, 0.15) is 0 Å². The van der Waals surface area contributed by atoms with Gasteiger partial charge >= 0.3 is 0 Å². The van der Waals surface area contributed by atoms with E-state index < -0.39 is 5.60 Å². The Balaban J connectivity index is 1.93. The molecule has 11 heavy (non-hydrogen) atoms. The van der Waals surface area contributed by atoms with Crippen molar-refractivity contribution in [3.8, 4) is 0 Å². The van der Waals surface area contributed by atoms with Gasteiger partial charge in [0, 0.05) is 12.4 Å². The van der Waals surface area contributed by atoms with Crippen LogP contribution in [0.25, 0.3) is 0 Å². The van der Waals surface area contributed by atoms with E-state index in [1.165, 1.54) is 0 Å². The molecule has 0 radical (unpaired) electrons. The number of rotatable bonds is 1. The Hall–Kier alpha value is -0.830. The van der Waals surface area contributed by atoms with Gasteiger partial charge in [-0.15, -0.1) is 0 Å². The van der Waals surface area contributed by atoms with Crippen LogP contribution in [-0.2, 0) is 0 Å². The predicted molar refractivity (Wildman–Crippen MR) is 38.9 cm³/mol. The summed E-state index contributed by atoms with van der Waals surface area (Å²) in [6.07, 6.45) is 5.66. The summed E-state index contributed by atoms with van der Waals surface area (Å²) in [5, 5.41) is 13.9. The highest BCUT2D eigenvalue weighted by molar-refractivity contribution is 5.17. The molecule has 3 fully saturated rings. The van der Waals surface area contributed by atoms with E-state index >= 15 is 0 Å². The number of aromatic nitrogens is 2. The summed E-state index contributed by atoms with van der Waals surface area (Å²) in [7, 11) is 0. The largest absolute Gasteiger partial charge is 0.388 e. The maximum Gasteiger partial charge on any atom is 0.0880 e. The molecule has 3 nitrogen and oxygen atoms in total. The standard InChI is InChI=1S/C8H10N2O/c11-8-4-6(5-8)7(8)10-3-1-2-9-10/h1-3,6-7,11H,4-5H2. The highest BCUT2D eigenvalue weighted by atomic mass is 16.3. The quantitative estimate of drug-likeness (QED) is 0.636. The van der Waals surface area contributed by atoms with Crippen LogP contribution in [0.3, 0.4) is 0 Å². The third kappa shape index (κ3) is 0.518. The molecular weight excluding hydrogens is 140 g/mol. The van der Waals surface area contributed by atoms with Crippen LogP contribution in [0.15, 0.2) is 18.5 Å². The van der Waals surface area contributed by atoms with Crippen LogP contribution in [0.1, 0.15) is 18.9 Å². The molecular formula is C8H10N2O. The lowest BCUT2D eigenvalue weighted by molar-refractivity contribution is -0.244. The highest BCUT2D eigenvalue weighted by Gasteiger charge is 2.66. The Bertz CT molecular complexity index is 274. The second kappa shape index (κ2) is 1.50. The lowest BCUT2D eigenvalue weighted by Crippen LogP contribution is -2.67. The molecule has 0 aliphatic heterocycles. The van der Waals surface area contributed by atoms with E-state index in [0.29, 0.717) is 5.92 Å². The van der Waals surface area contributed by atoms with Gasteiger partial charge in [-0.3, -0.25) is 4.68 Å². The summed E-state index contributed by atoms with van der Waals surface area (Å²) in [6.45, 7) is 0. The summed E-state index contributed by atoms with van der Waals surface area (Å²) in [5.74, 6) is 0.694. The molecule has 3 aliphatic rings. The predicted octanol–water partition coefficient (Wildman–Crippen LogP) is 0.579. The van der Waals surface area contributed by atoms with E-state index in [2.05, 4.69) is 5.10 Å². The van der Waals surface area contributed by atoms with Crippen molar-refractivity contribution in [3.05, 3.63) is 18.5 Å². The first-order valence-corrected chi connectivity index (χ1v) is 4.01. The van der Waals surface area contributed by atoms with Crippen molar-refractivity contribution in [2.75, 3.05) is 0 Å². The van der Waals surface area contributed by atoms with Crippen LogP contribution in [-0.4, -0.2) is 20.5 Å². The molecule has 2 bridgehead atoms. The number of hydrogen-bond acceptors (Lipinski definition) is 2. The van der Waals surface area contributed by atoms with Crippen molar-refractivity contribution in [1.82, 2.24) is 9.78 Å². The Morgan fingerprint density at radius 3 is 2.73 bits per heavy atom. The molecule has 1 atom stereocenters. The van der Waals surface area contributed by atoms with Gasteiger partial charge in [0.15, 0.2) is 0 Å². The monoisotopic (exact) mass is 150 g/mol. The molecule has 3 heteroatoms. The van der Waals surface area contributed by atoms with Crippen LogP contribution in [0, 0.1) is 5.92 Å². The van der Waals surface area contributed by atoms with Gasteiger partial charge in [0.25, 0.3) is 0 Å². The number of hydrogen-bond donors (Lipinski definition) is 1. The normalized spacial score (nSPS) is 46.3. The molecule has 1 heterocycles. The molecule has 3 saturated carbocycles. The van der Waals surface area contributed by atoms with Gasteiger partial charge < -0.3 is 5.11 Å². The number of nitrogens with zero attached hydrogens (tertiary/aromatic N) is 2. The van der Waals surface area contributed by atoms with Crippen LogP contribution >= 0.6 is 0 Å². The van der Waals surface area contributed by atoms with Crippen LogP contribution < -0.4 is 0 Å². The smallest absolute Gasteiger partial charge is 0.0880 e. The van der Waals surface area contributed by atoms with Gasteiger partial charge in [-0.1, -0.05) is 0 Å². The molecule has 3 aliphatic carbocycles. The van der Waals surface area contributed by atoms with Crippen molar-refractivity contribution in [1.29, 1.82) is 0 Å². The Labute approximate surface area is 64.6 Å². The fourth-order valence-corrected chi connectivity index (χ4v) is 2.34. The van der Waals surface area contributed by atoms with Gasteiger partial charge in [-0.25, -0.2) is 0 Å². The molecule has 0 amide bonds. The van der Waals surface area contributed by atoms with Gasteiger partial charge in [0.05, 0.1) is 11.6 Å². The van der Waals surface area contributed by atoms with Crippen LogP contribution in [0.4, 0.5) is 0 Å². The Morgan fingerprint density at radius 1 is 1.55 bits per heavy atom. The van der Waals surface area contributed by atoms with Crippen molar-refractivity contribution in [2.45, 2.75) is 24.5 Å². The maximum absolute atomic E-state index is 9.75. The lowest BCUT2D eigenvalue weighted by atomic mass is 9.48. The Morgan fingerprint density at radius 2 is 2.36 bits per heavy atom. The van der Waals surface area contributed by atoms with Gasteiger partial charge in [-0.05, 0) is 24.8 Å². The average molecular weight is 150 g/mol. The molecule has 1 unspecified atom stereocenters. The average Bonchev–Trinajstić information content (AvgIpc) is 2.34. The zero-order valence-corrected chi connectivity index (χ0v) is 6.14. The molecule has 0 aromatic carbocycles. The van der Waals surface area contributed by atoms with Crippen LogP contribution in [0.5, 0.6) is 0 Å².